The van der Waals surface area contributed by atoms with E-state index in [1.54, 1.807) is 36.4 Å². The number of halogens is 1. The topological polar surface area (TPSA) is 99.8 Å². The number of hydrazine groups is 1. The van der Waals surface area contributed by atoms with Gasteiger partial charge in [0.1, 0.15) is 16.7 Å². The average Bonchev–Trinajstić information content (AvgIpc) is 3.31. The second-order valence-electron chi connectivity index (χ2n) is 8.00. The fourth-order valence-electron chi connectivity index (χ4n) is 4.07. The van der Waals surface area contributed by atoms with E-state index in [0.29, 0.717) is 36.0 Å². The fraction of sp³-hybridized carbons (Fsp3) is 0.409. The van der Waals surface area contributed by atoms with Crippen LogP contribution >= 0.6 is 11.6 Å². The maximum Gasteiger partial charge on any atom is 0.246 e. The smallest absolute Gasteiger partial charge is 0.246 e. The van der Waals surface area contributed by atoms with Gasteiger partial charge in [0.2, 0.25) is 15.9 Å². The molecule has 10 heteroatoms. The molecule has 0 aliphatic carbocycles. The fourth-order valence-corrected chi connectivity index (χ4v) is 5.90. The normalized spacial score (nSPS) is 21.9. The first-order chi connectivity index (χ1) is 15.4. The van der Waals surface area contributed by atoms with Crippen LogP contribution in [0.15, 0.2) is 47.4 Å². The van der Waals surface area contributed by atoms with Gasteiger partial charge in [-0.2, -0.15) is 4.31 Å². The minimum absolute atomic E-state index is 0.162. The maximum absolute atomic E-state index is 13.3. The highest BCUT2D eigenvalue weighted by atomic mass is 35.5. The van der Waals surface area contributed by atoms with Crippen LogP contribution in [0.25, 0.3) is 0 Å². The number of benzene rings is 2. The highest BCUT2D eigenvalue weighted by molar-refractivity contribution is 7.89. The number of rotatable bonds is 6. The molecule has 2 aliphatic heterocycles. The largest absolute Gasteiger partial charge is 0.495 e. The predicted octanol–water partition coefficient (Wildman–Crippen LogP) is 3.07. The number of carbonyl (C=O) groups excluding carboxylic acids is 1. The summed E-state index contributed by atoms with van der Waals surface area (Å²) in [5.41, 5.74) is 7.55. The Hall–Kier alpha value is -2.17. The van der Waals surface area contributed by atoms with Gasteiger partial charge < -0.3 is 10.1 Å². The van der Waals surface area contributed by atoms with Gasteiger partial charge in [0.15, 0.2) is 0 Å². The van der Waals surface area contributed by atoms with Crippen LogP contribution in [0.2, 0.25) is 5.02 Å². The lowest BCUT2D eigenvalue weighted by Crippen LogP contribution is -2.39. The Morgan fingerprint density at radius 1 is 1.09 bits per heavy atom. The Morgan fingerprint density at radius 2 is 1.81 bits per heavy atom. The molecule has 2 saturated heterocycles. The molecule has 2 fully saturated rings. The summed E-state index contributed by atoms with van der Waals surface area (Å²) in [7, 11) is -2.19. The number of nitrogens with one attached hydrogen (secondary N) is 3. The molecule has 0 spiro atoms. The number of methoxy groups -OCH3 is 1. The third kappa shape index (κ3) is 4.92. The van der Waals surface area contributed by atoms with Crippen molar-refractivity contribution in [1.29, 1.82) is 0 Å². The number of carbonyl (C=O) groups is 1. The predicted molar refractivity (Wildman–Crippen MR) is 123 cm³/mol. The first kappa shape index (κ1) is 23.0. The molecular formula is C22H27ClN4O4S. The van der Waals surface area contributed by atoms with E-state index in [1.807, 2.05) is 6.07 Å². The van der Waals surface area contributed by atoms with Gasteiger partial charge in [0.25, 0.3) is 0 Å². The van der Waals surface area contributed by atoms with Gasteiger partial charge in [0, 0.05) is 29.8 Å². The number of hydrogen-bond acceptors (Lipinski definition) is 6. The van der Waals surface area contributed by atoms with E-state index in [1.165, 1.54) is 11.4 Å². The monoisotopic (exact) mass is 478 g/mol. The second-order valence-corrected chi connectivity index (χ2v) is 10.3. The summed E-state index contributed by atoms with van der Waals surface area (Å²) < 4.78 is 33.4. The zero-order chi connectivity index (χ0) is 22.7. The molecule has 4 rings (SSSR count). The van der Waals surface area contributed by atoms with Crippen LogP contribution in [0.1, 0.15) is 37.3 Å². The van der Waals surface area contributed by atoms with Crippen molar-refractivity contribution in [3.63, 3.8) is 0 Å². The molecule has 8 nitrogen and oxygen atoms in total. The molecule has 2 aromatic rings. The maximum atomic E-state index is 13.3. The molecule has 2 unspecified atom stereocenters. The van der Waals surface area contributed by atoms with Crippen molar-refractivity contribution in [2.45, 2.75) is 42.7 Å². The number of piperidine rings is 1. The van der Waals surface area contributed by atoms with E-state index in [9.17, 15) is 13.2 Å². The number of hydrogen-bond donors (Lipinski definition) is 3. The highest BCUT2D eigenvalue weighted by Gasteiger charge is 2.33. The van der Waals surface area contributed by atoms with Crippen LogP contribution in [0.4, 0.5) is 5.69 Å². The second kappa shape index (κ2) is 9.76. The molecule has 2 atom stereocenters. The van der Waals surface area contributed by atoms with Gasteiger partial charge >= 0.3 is 0 Å². The van der Waals surface area contributed by atoms with Crippen molar-refractivity contribution in [3.05, 3.63) is 53.1 Å². The Bertz CT molecular complexity index is 1070. The zero-order valence-electron chi connectivity index (χ0n) is 17.8. The minimum atomic E-state index is -3.66. The number of nitrogens with zero attached hydrogens (tertiary/aromatic N) is 1. The Morgan fingerprint density at radius 3 is 2.50 bits per heavy atom. The molecule has 0 saturated carbocycles. The number of anilines is 1. The van der Waals surface area contributed by atoms with E-state index >= 15 is 0 Å². The van der Waals surface area contributed by atoms with Crippen LogP contribution in [-0.2, 0) is 14.8 Å². The molecule has 32 heavy (non-hydrogen) atoms. The molecule has 2 aliphatic rings. The molecule has 0 bridgehead atoms. The van der Waals surface area contributed by atoms with Gasteiger partial charge in [-0.05, 0) is 61.2 Å². The van der Waals surface area contributed by atoms with Crippen LogP contribution in [0.3, 0.4) is 0 Å². The summed E-state index contributed by atoms with van der Waals surface area (Å²) in [5.74, 6) is 0.138. The van der Waals surface area contributed by atoms with Gasteiger partial charge in [0.05, 0.1) is 7.11 Å². The molecule has 2 aromatic carbocycles. The van der Waals surface area contributed by atoms with E-state index < -0.39 is 16.1 Å². The van der Waals surface area contributed by atoms with Crippen molar-refractivity contribution in [1.82, 2.24) is 15.2 Å². The Labute approximate surface area is 193 Å². The molecule has 172 valence electrons. The number of sulfonamides is 1. The zero-order valence-corrected chi connectivity index (χ0v) is 19.4. The minimum Gasteiger partial charge on any atom is -0.495 e. The number of ether oxygens (including phenoxy) is 1. The van der Waals surface area contributed by atoms with Gasteiger partial charge in [-0.25, -0.2) is 19.3 Å². The molecule has 3 N–H and O–H groups in total. The molecule has 1 amide bonds. The van der Waals surface area contributed by atoms with Crippen molar-refractivity contribution in [2.24, 2.45) is 0 Å². The molecule has 0 radical (unpaired) electrons. The van der Waals surface area contributed by atoms with Gasteiger partial charge in [-0.1, -0.05) is 24.1 Å². The van der Waals surface area contributed by atoms with E-state index in [-0.39, 0.29) is 16.8 Å². The Balaban J connectivity index is 1.50. The van der Waals surface area contributed by atoms with Crippen molar-refractivity contribution >= 4 is 33.2 Å². The van der Waals surface area contributed by atoms with Crippen LogP contribution in [-0.4, -0.2) is 44.9 Å². The van der Waals surface area contributed by atoms with Gasteiger partial charge in [-0.15, -0.1) is 0 Å². The SMILES string of the molecule is COc1ccc(C2CC(C(=O)Nc3ccc(Cl)cc3)NN2)cc1S(=O)(=O)N1CCCCC1. The standard InChI is InChI=1S/C22H27ClN4O4S/c1-31-20-10-5-15(13-21(20)32(29,30)27-11-3-2-4-12-27)18-14-19(26-25-18)22(28)24-17-8-6-16(23)7-9-17/h5-10,13,18-19,25-26H,2-4,11-12,14H2,1H3,(H,24,28). The van der Waals surface area contributed by atoms with E-state index in [2.05, 4.69) is 16.2 Å². The lowest BCUT2D eigenvalue weighted by molar-refractivity contribution is -0.117. The lowest BCUT2D eigenvalue weighted by atomic mass is 10.0. The summed E-state index contributed by atoms with van der Waals surface area (Å²) >= 11 is 5.89. The quantitative estimate of drug-likeness (QED) is 0.590. The average molecular weight is 479 g/mol. The van der Waals surface area contributed by atoms with E-state index in [0.717, 1.165) is 24.8 Å². The summed E-state index contributed by atoms with van der Waals surface area (Å²) in [6.45, 7) is 1.04. The van der Waals surface area contributed by atoms with Crippen molar-refractivity contribution in [3.8, 4) is 5.75 Å². The first-order valence-electron chi connectivity index (χ1n) is 10.6. The summed E-state index contributed by atoms with van der Waals surface area (Å²) in [6.07, 6.45) is 3.23. The molecule has 2 heterocycles. The first-order valence-corrected chi connectivity index (χ1v) is 12.5. The van der Waals surface area contributed by atoms with E-state index in [4.69, 9.17) is 16.3 Å². The van der Waals surface area contributed by atoms with Crippen LogP contribution < -0.4 is 20.9 Å². The van der Waals surface area contributed by atoms with Crippen LogP contribution in [0.5, 0.6) is 5.75 Å². The molecule has 0 aromatic heterocycles. The number of amides is 1. The Kier molecular flexibility index (Phi) is 7.02. The van der Waals surface area contributed by atoms with Crippen molar-refractivity contribution in [2.75, 3.05) is 25.5 Å². The van der Waals surface area contributed by atoms with Crippen molar-refractivity contribution < 1.29 is 17.9 Å². The summed E-state index contributed by atoms with van der Waals surface area (Å²) in [4.78, 5) is 12.8. The highest BCUT2D eigenvalue weighted by Crippen LogP contribution is 2.33. The summed E-state index contributed by atoms with van der Waals surface area (Å²) in [6, 6.07) is 11.4. The lowest BCUT2D eigenvalue weighted by Gasteiger charge is -2.27. The van der Waals surface area contributed by atoms with Crippen LogP contribution in [0, 0.1) is 0 Å². The molecular weight excluding hydrogens is 452 g/mol. The third-order valence-electron chi connectivity index (χ3n) is 5.85. The third-order valence-corrected chi connectivity index (χ3v) is 8.03. The summed E-state index contributed by atoms with van der Waals surface area (Å²) in [5, 5.41) is 3.45. The van der Waals surface area contributed by atoms with Gasteiger partial charge in [-0.3, -0.25) is 4.79 Å².